The summed E-state index contributed by atoms with van der Waals surface area (Å²) in [6.45, 7) is 0.966. The molecular weight excluding hydrogens is 241 g/mol. The van der Waals surface area contributed by atoms with Crippen LogP contribution in [-0.2, 0) is 14.3 Å². The molecule has 1 atom stereocenters. The quantitative estimate of drug-likeness (QED) is 0.815. The van der Waals surface area contributed by atoms with E-state index in [1.54, 1.807) is 0 Å². The smallest absolute Gasteiger partial charge is 0.415 e. The fourth-order valence-electron chi connectivity index (χ4n) is 1.59. The summed E-state index contributed by atoms with van der Waals surface area (Å²) in [7, 11) is 0. The van der Waals surface area contributed by atoms with Crippen LogP contribution in [-0.4, -0.2) is 43.2 Å². The largest absolute Gasteiger partial charge is 0.481 e. The van der Waals surface area contributed by atoms with Crippen LogP contribution in [0.4, 0.5) is 13.2 Å². The Kier molecular flexibility index (Phi) is 5.20. The van der Waals surface area contributed by atoms with Crippen LogP contribution in [0, 0.1) is 5.92 Å². The van der Waals surface area contributed by atoms with Crippen molar-refractivity contribution in [2.75, 3.05) is 19.8 Å². The number of halogens is 3. The molecule has 0 radical (unpaired) electrons. The monoisotopic (exact) mass is 256 g/mol. The highest BCUT2D eigenvalue weighted by molar-refractivity contribution is 5.67. The van der Waals surface area contributed by atoms with Gasteiger partial charge in [0.1, 0.15) is 0 Å². The van der Waals surface area contributed by atoms with Gasteiger partial charge in [-0.3, -0.25) is 4.79 Å². The first kappa shape index (κ1) is 14.2. The molecule has 0 aliphatic carbocycles. The van der Waals surface area contributed by atoms with E-state index >= 15 is 0 Å². The van der Waals surface area contributed by atoms with E-state index in [1.807, 2.05) is 0 Å². The third-order valence-electron chi connectivity index (χ3n) is 2.60. The summed E-state index contributed by atoms with van der Waals surface area (Å²) in [4.78, 5) is 10.3. The molecule has 1 unspecified atom stereocenters. The van der Waals surface area contributed by atoms with Crippen molar-refractivity contribution < 1.29 is 32.5 Å². The molecule has 4 nitrogen and oxygen atoms in total. The number of carboxylic acid groups (broad SMARTS) is 1. The van der Waals surface area contributed by atoms with Gasteiger partial charge in [0.2, 0.25) is 0 Å². The number of hydrogen-bond acceptors (Lipinski definition) is 3. The van der Waals surface area contributed by atoms with Crippen molar-refractivity contribution in [2.24, 2.45) is 5.92 Å². The number of ether oxygens (including phenoxy) is 2. The minimum Gasteiger partial charge on any atom is -0.481 e. The van der Waals surface area contributed by atoms with Crippen LogP contribution in [0.5, 0.6) is 0 Å². The maximum atomic E-state index is 12.4. The Morgan fingerprint density at radius 1 is 1.41 bits per heavy atom. The molecule has 0 aromatic heterocycles. The average molecular weight is 256 g/mol. The van der Waals surface area contributed by atoms with Gasteiger partial charge in [-0.1, -0.05) is 0 Å². The summed E-state index contributed by atoms with van der Waals surface area (Å²) in [6.07, 6.45) is -6.60. The molecule has 7 heteroatoms. The summed E-state index contributed by atoms with van der Waals surface area (Å²) < 4.78 is 47.0. The van der Waals surface area contributed by atoms with Crippen molar-refractivity contribution in [3.05, 3.63) is 0 Å². The Bertz CT molecular complexity index is 248. The van der Waals surface area contributed by atoms with Crippen LogP contribution >= 0.6 is 0 Å². The van der Waals surface area contributed by atoms with Gasteiger partial charge in [0.25, 0.3) is 0 Å². The number of carbonyl (C=O) groups is 1. The topological polar surface area (TPSA) is 55.8 Å². The summed E-state index contributed by atoms with van der Waals surface area (Å²) in [5.41, 5.74) is 0. The Morgan fingerprint density at radius 2 is 2.00 bits per heavy atom. The maximum absolute atomic E-state index is 12.4. The SMILES string of the molecule is O=C(O)CC(OCC1CCOCC1)C(F)(F)F. The van der Waals surface area contributed by atoms with Crippen LogP contribution in [0.3, 0.4) is 0 Å². The highest BCUT2D eigenvalue weighted by atomic mass is 19.4. The van der Waals surface area contributed by atoms with Gasteiger partial charge < -0.3 is 14.6 Å². The Balaban J connectivity index is 2.40. The molecule has 1 aliphatic heterocycles. The highest BCUT2D eigenvalue weighted by Gasteiger charge is 2.42. The Hall–Kier alpha value is -0.820. The zero-order chi connectivity index (χ0) is 12.9. The number of alkyl halides is 3. The van der Waals surface area contributed by atoms with Crippen molar-refractivity contribution >= 4 is 5.97 Å². The lowest BCUT2D eigenvalue weighted by atomic mass is 10.0. The first-order valence-electron chi connectivity index (χ1n) is 5.37. The zero-order valence-corrected chi connectivity index (χ0v) is 9.20. The predicted octanol–water partition coefficient (Wildman–Crippen LogP) is 1.84. The Labute approximate surface area is 96.7 Å². The summed E-state index contributed by atoms with van der Waals surface area (Å²) in [6, 6.07) is 0. The average Bonchev–Trinajstić information content (AvgIpc) is 2.23. The number of aliphatic carboxylic acids is 1. The number of carboxylic acids is 1. The third-order valence-corrected chi connectivity index (χ3v) is 2.60. The lowest BCUT2D eigenvalue weighted by Gasteiger charge is -2.25. The van der Waals surface area contributed by atoms with Gasteiger partial charge >= 0.3 is 12.1 Å². The molecule has 0 bridgehead atoms. The minimum absolute atomic E-state index is 0.0161. The van der Waals surface area contributed by atoms with Crippen molar-refractivity contribution in [1.82, 2.24) is 0 Å². The van der Waals surface area contributed by atoms with Crippen molar-refractivity contribution in [1.29, 1.82) is 0 Å². The van der Waals surface area contributed by atoms with Crippen molar-refractivity contribution in [3.8, 4) is 0 Å². The van der Waals surface area contributed by atoms with E-state index in [0.717, 1.165) is 0 Å². The van der Waals surface area contributed by atoms with Crippen LogP contribution in [0.25, 0.3) is 0 Å². The molecule has 0 aromatic rings. The van der Waals surface area contributed by atoms with Gasteiger partial charge in [0, 0.05) is 13.2 Å². The van der Waals surface area contributed by atoms with Crippen molar-refractivity contribution in [3.63, 3.8) is 0 Å². The van der Waals surface area contributed by atoms with E-state index in [2.05, 4.69) is 0 Å². The van der Waals surface area contributed by atoms with E-state index in [9.17, 15) is 18.0 Å². The normalized spacial score (nSPS) is 20.2. The molecule has 1 N–H and O–H groups in total. The Morgan fingerprint density at radius 3 is 2.47 bits per heavy atom. The van der Waals surface area contributed by atoms with Gasteiger partial charge in [0.15, 0.2) is 6.10 Å². The van der Waals surface area contributed by atoms with E-state index < -0.39 is 24.7 Å². The fraction of sp³-hybridized carbons (Fsp3) is 0.900. The molecule has 1 fully saturated rings. The summed E-state index contributed by atoms with van der Waals surface area (Å²) >= 11 is 0. The molecule has 0 amide bonds. The molecule has 100 valence electrons. The first-order chi connectivity index (χ1) is 7.89. The minimum atomic E-state index is -4.64. The lowest BCUT2D eigenvalue weighted by Crippen LogP contribution is -2.36. The van der Waals surface area contributed by atoms with E-state index in [4.69, 9.17) is 14.6 Å². The van der Waals surface area contributed by atoms with E-state index in [-0.39, 0.29) is 12.5 Å². The van der Waals surface area contributed by atoms with Crippen LogP contribution in [0.2, 0.25) is 0 Å². The molecule has 1 saturated heterocycles. The number of hydrogen-bond donors (Lipinski definition) is 1. The van der Waals surface area contributed by atoms with Gasteiger partial charge in [-0.05, 0) is 18.8 Å². The van der Waals surface area contributed by atoms with Crippen LogP contribution < -0.4 is 0 Å². The van der Waals surface area contributed by atoms with Crippen LogP contribution in [0.1, 0.15) is 19.3 Å². The predicted molar refractivity (Wildman–Crippen MR) is 51.6 cm³/mol. The molecule has 0 spiro atoms. The van der Waals surface area contributed by atoms with Gasteiger partial charge in [-0.15, -0.1) is 0 Å². The summed E-state index contributed by atoms with van der Waals surface area (Å²) in [5.74, 6) is -1.50. The molecule has 1 rings (SSSR count). The van der Waals surface area contributed by atoms with Gasteiger partial charge in [-0.25, -0.2) is 0 Å². The molecule has 0 saturated carbocycles. The third kappa shape index (κ3) is 5.36. The lowest BCUT2D eigenvalue weighted by molar-refractivity contribution is -0.228. The molecule has 0 aromatic carbocycles. The molecule has 1 aliphatic rings. The first-order valence-corrected chi connectivity index (χ1v) is 5.37. The second-order valence-electron chi connectivity index (χ2n) is 4.02. The maximum Gasteiger partial charge on any atom is 0.415 e. The van der Waals surface area contributed by atoms with Crippen molar-refractivity contribution in [2.45, 2.75) is 31.5 Å². The zero-order valence-electron chi connectivity index (χ0n) is 9.20. The molecule has 17 heavy (non-hydrogen) atoms. The molecular formula is C10H15F3O4. The van der Waals surface area contributed by atoms with Gasteiger partial charge in [0.05, 0.1) is 13.0 Å². The summed E-state index contributed by atoms with van der Waals surface area (Å²) in [5, 5.41) is 8.38. The highest BCUT2D eigenvalue weighted by Crippen LogP contribution is 2.27. The van der Waals surface area contributed by atoms with E-state index in [1.165, 1.54) is 0 Å². The standard InChI is InChI=1S/C10H15F3O4/c11-10(12,13)8(5-9(14)15)17-6-7-1-3-16-4-2-7/h7-8H,1-6H2,(H,14,15). The number of rotatable bonds is 5. The van der Waals surface area contributed by atoms with Crippen LogP contribution in [0.15, 0.2) is 0 Å². The molecule has 1 heterocycles. The van der Waals surface area contributed by atoms with E-state index in [0.29, 0.717) is 26.1 Å². The van der Waals surface area contributed by atoms with Gasteiger partial charge in [-0.2, -0.15) is 13.2 Å². The fourth-order valence-corrected chi connectivity index (χ4v) is 1.59. The second-order valence-corrected chi connectivity index (χ2v) is 4.02. The second kappa shape index (κ2) is 6.20.